The van der Waals surface area contributed by atoms with Crippen LogP contribution in [0.2, 0.25) is 0 Å². The fourth-order valence-corrected chi connectivity index (χ4v) is 2.30. The smallest absolute Gasteiger partial charge is 0.126 e. The molecule has 3 rings (SSSR count). The summed E-state index contributed by atoms with van der Waals surface area (Å²) in [6.45, 7) is 0. The molecule has 17 heavy (non-hydrogen) atoms. The average molecular weight is 248 g/mol. The maximum atomic E-state index is 13.2. The number of aromatic nitrogens is 2. The Morgan fingerprint density at radius 3 is 2.47 bits per heavy atom. The van der Waals surface area contributed by atoms with Gasteiger partial charge in [-0.05, 0) is 23.8 Å². The number of hydrogen-bond donors (Lipinski definition) is 0. The number of halogens is 2. The molecule has 0 radical (unpaired) electrons. The summed E-state index contributed by atoms with van der Waals surface area (Å²) in [7, 11) is 0. The van der Waals surface area contributed by atoms with E-state index in [-0.39, 0.29) is 0 Å². The van der Waals surface area contributed by atoms with E-state index in [2.05, 4.69) is 8.75 Å². The molecule has 5 heteroatoms. The van der Waals surface area contributed by atoms with Crippen molar-refractivity contribution in [1.29, 1.82) is 0 Å². The van der Waals surface area contributed by atoms with Crippen LogP contribution in [-0.2, 0) is 0 Å². The number of benzene rings is 2. The normalized spacial score (nSPS) is 10.9. The SMILES string of the molecule is Fc1cc(F)cc(-c2cccc3nsnc23)c1. The molecule has 0 saturated heterocycles. The van der Waals surface area contributed by atoms with Crippen molar-refractivity contribution in [2.45, 2.75) is 0 Å². The lowest BCUT2D eigenvalue weighted by Gasteiger charge is -2.02. The molecule has 0 unspecified atom stereocenters. The average Bonchev–Trinajstić information content (AvgIpc) is 2.75. The summed E-state index contributed by atoms with van der Waals surface area (Å²) in [4.78, 5) is 0. The minimum Gasteiger partial charge on any atom is -0.207 e. The molecule has 2 nitrogen and oxygen atoms in total. The van der Waals surface area contributed by atoms with Crippen molar-refractivity contribution in [3.05, 3.63) is 48.0 Å². The fourth-order valence-electron chi connectivity index (χ4n) is 1.75. The molecule has 0 aliphatic heterocycles. The van der Waals surface area contributed by atoms with Crippen LogP contribution in [0.4, 0.5) is 8.78 Å². The third kappa shape index (κ3) is 1.78. The Morgan fingerprint density at radius 2 is 1.71 bits per heavy atom. The highest BCUT2D eigenvalue weighted by Gasteiger charge is 2.09. The Morgan fingerprint density at radius 1 is 0.941 bits per heavy atom. The van der Waals surface area contributed by atoms with E-state index in [1.807, 2.05) is 6.07 Å². The molecule has 0 bridgehead atoms. The summed E-state index contributed by atoms with van der Waals surface area (Å²) in [6.07, 6.45) is 0. The van der Waals surface area contributed by atoms with Gasteiger partial charge >= 0.3 is 0 Å². The van der Waals surface area contributed by atoms with Gasteiger partial charge in [0, 0.05) is 11.6 Å². The van der Waals surface area contributed by atoms with Crippen LogP contribution >= 0.6 is 11.7 Å². The summed E-state index contributed by atoms with van der Waals surface area (Å²) in [5, 5.41) is 0. The Labute approximate surface area is 99.9 Å². The predicted molar refractivity (Wildman–Crippen MR) is 62.8 cm³/mol. The van der Waals surface area contributed by atoms with Crippen molar-refractivity contribution in [2.75, 3.05) is 0 Å². The first-order valence-corrected chi connectivity index (χ1v) is 5.65. The Kier molecular flexibility index (Phi) is 2.33. The molecule has 0 aliphatic rings. The minimum absolute atomic E-state index is 0.473. The summed E-state index contributed by atoms with van der Waals surface area (Å²) in [5.41, 5.74) is 2.56. The maximum absolute atomic E-state index is 13.2. The fraction of sp³-hybridized carbons (Fsp3) is 0. The Bertz CT molecular complexity index is 674. The van der Waals surface area contributed by atoms with Gasteiger partial charge in [0.15, 0.2) is 0 Å². The molecule has 0 atom stereocenters. The van der Waals surface area contributed by atoms with Gasteiger partial charge < -0.3 is 0 Å². The summed E-state index contributed by atoms with van der Waals surface area (Å²) < 4.78 is 34.6. The highest BCUT2D eigenvalue weighted by Crippen LogP contribution is 2.28. The van der Waals surface area contributed by atoms with Gasteiger partial charge in [0.1, 0.15) is 22.7 Å². The van der Waals surface area contributed by atoms with E-state index in [4.69, 9.17) is 0 Å². The van der Waals surface area contributed by atoms with E-state index >= 15 is 0 Å². The van der Waals surface area contributed by atoms with Crippen LogP contribution < -0.4 is 0 Å². The van der Waals surface area contributed by atoms with Crippen molar-refractivity contribution in [3.63, 3.8) is 0 Å². The Hall–Kier alpha value is -1.88. The first-order valence-electron chi connectivity index (χ1n) is 4.92. The van der Waals surface area contributed by atoms with Crippen LogP contribution in [0.3, 0.4) is 0 Å². The van der Waals surface area contributed by atoms with E-state index in [0.29, 0.717) is 16.6 Å². The molecule has 0 spiro atoms. The van der Waals surface area contributed by atoms with Crippen LogP contribution in [0.15, 0.2) is 36.4 Å². The predicted octanol–water partition coefficient (Wildman–Crippen LogP) is 3.64. The van der Waals surface area contributed by atoms with Crippen molar-refractivity contribution < 1.29 is 8.78 Å². The minimum atomic E-state index is -0.597. The molecular formula is C12H6F2N2S. The molecule has 84 valence electrons. The monoisotopic (exact) mass is 248 g/mol. The van der Waals surface area contributed by atoms with Crippen molar-refractivity contribution in [2.24, 2.45) is 0 Å². The first-order chi connectivity index (χ1) is 8.24. The van der Waals surface area contributed by atoms with Gasteiger partial charge in [-0.3, -0.25) is 0 Å². The lowest BCUT2D eigenvalue weighted by Crippen LogP contribution is -1.85. The molecule has 3 aromatic rings. The summed E-state index contributed by atoms with van der Waals surface area (Å²) in [6, 6.07) is 8.81. The number of rotatable bonds is 1. The third-order valence-corrected chi connectivity index (χ3v) is 3.00. The van der Waals surface area contributed by atoms with Gasteiger partial charge in [-0.15, -0.1) is 0 Å². The van der Waals surface area contributed by atoms with E-state index in [1.165, 1.54) is 12.1 Å². The van der Waals surface area contributed by atoms with Crippen LogP contribution in [-0.4, -0.2) is 8.75 Å². The molecule has 2 aromatic carbocycles. The van der Waals surface area contributed by atoms with Crippen LogP contribution in [0.25, 0.3) is 22.2 Å². The van der Waals surface area contributed by atoms with Gasteiger partial charge in [-0.25, -0.2) is 8.78 Å². The van der Waals surface area contributed by atoms with E-state index in [0.717, 1.165) is 23.3 Å². The van der Waals surface area contributed by atoms with Gasteiger partial charge in [0.25, 0.3) is 0 Å². The van der Waals surface area contributed by atoms with Crippen molar-refractivity contribution >= 4 is 22.8 Å². The van der Waals surface area contributed by atoms with E-state index in [9.17, 15) is 8.78 Å². The van der Waals surface area contributed by atoms with Gasteiger partial charge in [0.2, 0.25) is 0 Å². The number of nitrogens with zero attached hydrogens (tertiary/aromatic N) is 2. The zero-order valence-corrected chi connectivity index (χ0v) is 9.34. The second kappa shape index (κ2) is 3.85. The van der Waals surface area contributed by atoms with Crippen molar-refractivity contribution in [1.82, 2.24) is 8.75 Å². The van der Waals surface area contributed by atoms with E-state index in [1.54, 1.807) is 12.1 Å². The summed E-state index contributed by atoms with van der Waals surface area (Å²) in [5.74, 6) is -1.19. The molecule has 0 saturated carbocycles. The van der Waals surface area contributed by atoms with Crippen molar-refractivity contribution in [3.8, 4) is 11.1 Å². The van der Waals surface area contributed by atoms with Crippen LogP contribution in [0.5, 0.6) is 0 Å². The van der Waals surface area contributed by atoms with E-state index < -0.39 is 11.6 Å². The number of hydrogen-bond acceptors (Lipinski definition) is 3. The molecule has 1 heterocycles. The summed E-state index contributed by atoms with van der Waals surface area (Å²) >= 11 is 1.08. The highest BCUT2D eigenvalue weighted by atomic mass is 32.1. The molecule has 0 fully saturated rings. The lowest BCUT2D eigenvalue weighted by molar-refractivity contribution is 0.584. The molecule has 0 amide bonds. The van der Waals surface area contributed by atoms with Gasteiger partial charge in [0.05, 0.1) is 11.7 Å². The highest BCUT2D eigenvalue weighted by molar-refractivity contribution is 7.00. The topological polar surface area (TPSA) is 25.8 Å². The first kappa shape index (κ1) is 10.3. The van der Waals surface area contributed by atoms with Crippen LogP contribution in [0, 0.1) is 11.6 Å². The Balaban J connectivity index is 2.30. The second-order valence-electron chi connectivity index (χ2n) is 3.60. The third-order valence-electron chi connectivity index (χ3n) is 2.46. The largest absolute Gasteiger partial charge is 0.207 e. The maximum Gasteiger partial charge on any atom is 0.126 e. The lowest BCUT2D eigenvalue weighted by atomic mass is 10.0. The quantitative estimate of drug-likeness (QED) is 0.657. The van der Waals surface area contributed by atoms with Gasteiger partial charge in [-0.2, -0.15) is 8.75 Å². The molecule has 1 aromatic heterocycles. The van der Waals surface area contributed by atoms with Gasteiger partial charge in [-0.1, -0.05) is 12.1 Å². The zero-order chi connectivity index (χ0) is 11.8. The molecule has 0 aliphatic carbocycles. The zero-order valence-electron chi connectivity index (χ0n) is 8.52. The molecule has 0 N–H and O–H groups in total. The number of fused-ring (bicyclic) bond motifs is 1. The van der Waals surface area contributed by atoms with Crippen LogP contribution in [0.1, 0.15) is 0 Å². The standard InChI is InChI=1S/C12H6F2N2S/c13-8-4-7(5-9(14)6-8)10-2-1-3-11-12(10)16-17-15-11/h1-6H. The second-order valence-corrected chi connectivity index (χ2v) is 4.12. The molecular weight excluding hydrogens is 242 g/mol.